The van der Waals surface area contributed by atoms with Crippen molar-refractivity contribution in [2.75, 3.05) is 66.3 Å². The van der Waals surface area contributed by atoms with E-state index in [-0.39, 0.29) is 114 Å². The molecule has 16 heteroatoms. The maximum atomic E-state index is 13.7. The lowest BCUT2D eigenvalue weighted by molar-refractivity contribution is -0.157. The number of nitrogens with zero attached hydrogens (tertiary/aromatic N) is 2. The zero-order chi connectivity index (χ0) is 54.0. The summed E-state index contributed by atoms with van der Waals surface area (Å²) in [7, 11) is 1.98. The molecule has 1 fully saturated rings. The first-order valence-corrected chi connectivity index (χ1v) is 29.1. The van der Waals surface area contributed by atoms with Gasteiger partial charge in [0.15, 0.2) is 0 Å². The third kappa shape index (κ3) is 34.4. The molecule has 2 rings (SSSR count). The van der Waals surface area contributed by atoms with Gasteiger partial charge < -0.3 is 43.0 Å². The number of carbonyl (C=O) groups excluding carboxylic acids is 7. The molecular weight excluding hydrogens is 949 g/mol. The number of hydrogen-bond acceptors (Lipinski definition) is 15. The van der Waals surface area contributed by atoms with Gasteiger partial charge in [0.2, 0.25) is 0 Å². The van der Waals surface area contributed by atoms with Crippen LogP contribution in [0.5, 0.6) is 0 Å². The highest BCUT2D eigenvalue weighted by Gasteiger charge is 2.32. The molecule has 0 spiro atoms. The topological polar surface area (TPSA) is 191 Å². The van der Waals surface area contributed by atoms with Crippen molar-refractivity contribution in [2.24, 2.45) is 17.8 Å². The molecule has 0 aromatic heterocycles. The van der Waals surface area contributed by atoms with Gasteiger partial charge in [-0.3, -0.25) is 28.8 Å². The molecule has 74 heavy (non-hydrogen) atoms. The van der Waals surface area contributed by atoms with Crippen LogP contribution >= 0.6 is 0 Å². The number of ether oxygens (including phenoxy) is 7. The molecule has 2 aliphatic rings. The fourth-order valence-electron chi connectivity index (χ4n) is 8.96. The number of rotatable bonds is 44. The van der Waals surface area contributed by atoms with E-state index in [0.29, 0.717) is 25.7 Å². The van der Waals surface area contributed by atoms with E-state index in [1.54, 1.807) is 12.2 Å². The minimum atomic E-state index is -0.968. The summed E-state index contributed by atoms with van der Waals surface area (Å²) >= 11 is 0. The molecule has 0 aromatic carbocycles. The van der Waals surface area contributed by atoms with Crippen LogP contribution in [0.3, 0.4) is 0 Å². The average Bonchev–Trinajstić information content (AvgIpc) is 3.57. The SMILES string of the molecule is CCCCCCCCC(=O)OCC(COC(=O)CCCCCCCC)CC(=O)O[C@H]1C=C[C@H](OC(=O)CC(COC(=O)CCCCCCCC)COC(=O)CCCCCCCC)CN(C(=O)OCC2CN(C)C2)C1. The van der Waals surface area contributed by atoms with E-state index in [4.69, 9.17) is 33.2 Å². The van der Waals surface area contributed by atoms with Gasteiger partial charge in [0.05, 0.1) is 59.0 Å². The van der Waals surface area contributed by atoms with E-state index in [9.17, 15) is 33.6 Å². The molecule has 1 amide bonds. The molecule has 0 N–H and O–H groups in total. The van der Waals surface area contributed by atoms with Crippen LogP contribution in [0, 0.1) is 17.8 Å². The molecular formula is C58H100N2O14. The first kappa shape index (κ1) is 65.9. The molecule has 2 atom stereocenters. The summed E-state index contributed by atoms with van der Waals surface area (Å²) in [5.41, 5.74) is 0. The molecule has 0 radical (unpaired) electrons. The Labute approximate surface area is 445 Å². The molecule has 0 saturated carbocycles. The Morgan fingerprint density at radius 3 is 1.00 bits per heavy atom. The number of hydrogen-bond donors (Lipinski definition) is 0. The van der Waals surface area contributed by atoms with Gasteiger partial charge in [-0.2, -0.15) is 0 Å². The van der Waals surface area contributed by atoms with E-state index in [0.717, 1.165) is 142 Å². The Balaban J connectivity index is 2.16. The van der Waals surface area contributed by atoms with Crippen molar-refractivity contribution in [2.45, 2.75) is 233 Å². The summed E-state index contributed by atoms with van der Waals surface area (Å²) in [6.07, 6.45) is 25.4. The molecule has 0 unspecified atom stereocenters. The van der Waals surface area contributed by atoms with Crippen LogP contribution in [0.2, 0.25) is 0 Å². The number of unbranched alkanes of at least 4 members (excludes halogenated alkanes) is 20. The summed E-state index contributed by atoms with van der Waals surface area (Å²) in [5, 5.41) is 0. The maximum Gasteiger partial charge on any atom is 0.410 e. The van der Waals surface area contributed by atoms with Gasteiger partial charge >= 0.3 is 41.9 Å². The van der Waals surface area contributed by atoms with E-state index in [1.165, 1.54) is 4.90 Å². The summed E-state index contributed by atoms with van der Waals surface area (Å²) < 4.78 is 39.9. The predicted molar refractivity (Wildman–Crippen MR) is 285 cm³/mol. The van der Waals surface area contributed by atoms with Gasteiger partial charge in [-0.25, -0.2) is 4.79 Å². The Morgan fingerprint density at radius 2 is 0.703 bits per heavy atom. The monoisotopic (exact) mass is 1050 g/mol. The third-order valence-electron chi connectivity index (χ3n) is 13.5. The van der Waals surface area contributed by atoms with Gasteiger partial charge in [-0.15, -0.1) is 0 Å². The second-order valence-corrected chi connectivity index (χ2v) is 21.0. The molecule has 16 nitrogen and oxygen atoms in total. The van der Waals surface area contributed by atoms with Crippen LogP contribution in [-0.2, 0) is 61.9 Å². The van der Waals surface area contributed by atoms with Crippen LogP contribution in [0.25, 0.3) is 0 Å². The van der Waals surface area contributed by atoms with Crippen molar-refractivity contribution in [1.29, 1.82) is 0 Å². The van der Waals surface area contributed by atoms with Crippen LogP contribution in [0.1, 0.15) is 220 Å². The zero-order valence-corrected chi connectivity index (χ0v) is 46.7. The lowest BCUT2D eigenvalue weighted by Crippen LogP contribution is -2.48. The zero-order valence-electron chi connectivity index (χ0n) is 46.7. The van der Waals surface area contributed by atoms with Gasteiger partial charge in [0.25, 0.3) is 0 Å². The standard InChI is InChI=1S/C58H100N2O14/c1-6-10-14-18-22-26-30-52(61)68-42-47(43-69-53(62)31-27-23-19-15-11-7-2)36-56(65)73-50-34-35-51(41-60(40-50)58(67)72-46-49-38-59(5)39-49)74-57(66)37-48(44-70-54(63)32-28-24-20-16-12-8-3)45-71-55(64)33-29-25-21-17-13-9-4/h34-35,47-51H,6-33,36-46H2,1-5H3/t50-,51-/m0/s1. The molecule has 0 aliphatic carbocycles. The number of carbonyl (C=O) groups is 7. The Hall–Kier alpha value is -4.21. The second kappa shape index (κ2) is 43.0. The summed E-state index contributed by atoms with van der Waals surface area (Å²) in [5.74, 6) is -4.03. The molecule has 2 aliphatic heterocycles. The highest BCUT2D eigenvalue weighted by atomic mass is 16.6. The minimum Gasteiger partial charge on any atom is -0.465 e. The largest absolute Gasteiger partial charge is 0.465 e. The lowest BCUT2D eigenvalue weighted by atomic mass is 10.0. The van der Waals surface area contributed by atoms with Crippen LogP contribution in [0.4, 0.5) is 4.79 Å². The molecule has 0 aromatic rings. The summed E-state index contributed by atoms with van der Waals surface area (Å²) in [6, 6.07) is 0. The van der Waals surface area contributed by atoms with Crippen molar-refractivity contribution in [1.82, 2.24) is 9.80 Å². The molecule has 426 valence electrons. The van der Waals surface area contributed by atoms with E-state index < -0.39 is 42.1 Å². The Kier molecular flexibility index (Phi) is 38.3. The van der Waals surface area contributed by atoms with Crippen LogP contribution in [0.15, 0.2) is 12.2 Å². The van der Waals surface area contributed by atoms with E-state index in [1.807, 2.05) is 7.05 Å². The van der Waals surface area contributed by atoms with Gasteiger partial charge in [0.1, 0.15) is 12.2 Å². The minimum absolute atomic E-state index is 0.101. The molecule has 2 heterocycles. The quantitative estimate of drug-likeness (QED) is 0.0242. The first-order chi connectivity index (χ1) is 35.8. The van der Waals surface area contributed by atoms with Crippen molar-refractivity contribution in [3.63, 3.8) is 0 Å². The number of amides is 1. The van der Waals surface area contributed by atoms with Crippen LogP contribution in [-0.4, -0.2) is 130 Å². The Bertz CT molecular complexity index is 1420. The highest BCUT2D eigenvalue weighted by Crippen LogP contribution is 2.20. The number of esters is 6. The Morgan fingerprint density at radius 1 is 0.405 bits per heavy atom. The lowest BCUT2D eigenvalue weighted by Gasteiger charge is -2.36. The van der Waals surface area contributed by atoms with Gasteiger partial charge in [0, 0.05) is 56.5 Å². The van der Waals surface area contributed by atoms with Crippen molar-refractivity contribution in [3.05, 3.63) is 12.2 Å². The highest BCUT2D eigenvalue weighted by molar-refractivity contribution is 5.73. The normalized spacial score (nSPS) is 15.9. The average molecular weight is 1050 g/mol. The third-order valence-corrected chi connectivity index (χ3v) is 13.5. The summed E-state index contributed by atoms with van der Waals surface area (Å²) in [4.78, 5) is 95.4. The summed E-state index contributed by atoms with van der Waals surface area (Å²) in [6.45, 7) is 9.60. The van der Waals surface area contributed by atoms with Gasteiger partial charge in [-0.05, 0) is 44.9 Å². The molecule has 0 bridgehead atoms. The fraction of sp³-hybridized carbons (Fsp3) is 0.845. The molecule has 1 saturated heterocycles. The smallest absolute Gasteiger partial charge is 0.410 e. The van der Waals surface area contributed by atoms with E-state index in [2.05, 4.69) is 32.6 Å². The maximum absolute atomic E-state index is 13.7. The van der Waals surface area contributed by atoms with E-state index >= 15 is 0 Å². The van der Waals surface area contributed by atoms with Gasteiger partial charge in [-0.1, -0.05) is 156 Å². The van der Waals surface area contributed by atoms with Crippen molar-refractivity contribution >= 4 is 41.9 Å². The second-order valence-electron chi connectivity index (χ2n) is 21.0. The van der Waals surface area contributed by atoms with Crippen LogP contribution < -0.4 is 0 Å². The van der Waals surface area contributed by atoms with Crippen molar-refractivity contribution in [3.8, 4) is 0 Å². The predicted octanol–water partition coefficient (Wildman–Crippen LogP) is 11.6. The fourth-order valence-corrected chi connectivity index (χ4v) is 8.96. The van der Waals surface area contributed by atoms with Crippen molar-refractivity contribution < 1.29 is 66.7 Å². The first-order valence-electron chi connectivity index (χ1n) is 29.1. The number of likely N-dealkylation sites (tertiary alicyclic amines) is 1.